The van der Waals surface area contributed by atoms with Gasteiger partial charge in [0.1, 0.15) is 12.3 Å². The minimum absolute atomic E-state index is 0.0311. The van der Waals surface area contributed by atoms with E-state index in [1.807, 2.05) is 18.2 Å². The SMILES string of the molecule is COc1ccc2nc3cc(Cl)ccc3c(NCCNC(=O)CN(CCN(C(=O)O)C(=O)O)C(=O)O)c2c1. The second-order valence-corrected chi connectivity index (χ2v) is 8.17. The van der Waals surface area contributed by atoms with Gasteiger partial charge >= 0.3 is 18.3 Å². The van der Waals surface area contributed by atoms with Crippen LogP contribution >= 0.6 is 11.6 Å². The molecule has 3 aromatic rings. The molecule has 0 saturated heterocycles. The first kappa shape index (κ1) is 27.1. The molecule has 0 fully saturated rings. The number of ether oxygens (including phenoxy) is 1. The molecule has 13 nitrogen and oxygen atoms in total. The number of rotatable bonds is 10. The molecule has 1 heterocycles. The predicted molar refractivity (Wildman–Crippen MR) is 135 cm³/mol. The van der Waals surface area contributed by atoms with E-state index in [9.17, 15) is 24.3 Å². The van der Waals surface area contributed by atoms with E-state index in [4.69, 9.17) is 26.6 Å². The fraction of sp³-hybridized carbons (Fsp3) is 0.261. The number of nitrogens with zero attached hydrogens (tertiary/aromatic N) is 3. The molecule has 0 aliphatic rings. The van der Waals surface area contributed by atoms with E-state index in [2.05, 4.69) is 15.6 Å². The number of hydrogen-bond donors (Lipinski definition) is 5. The molecule has 0 radical (unpaired) electrons. The minimum Gasteiger partial charge on any atom is -0.497 e. The molecule has 14 heteroatoms. The highest BCUT2D eigenvalue weighted by molar-refractivity contribution is 6.31. The Morgan fingerprint density at radius 1 is 0.919 bits per heavy atom. The fourth-order valence-electron chi connectivity index (χ4n) is 3.57. The zero-order valence-electron chi connectivity index (χ0n) is 19.6. The molecule has 3 rings (SSSR count). The van der Waals surface area contributed by atoms with E-state index in [-0.39, 0.29) is 18.0 Å². The van der Waals surface area contributed by atoms with Crippen LogP contribution in [0.1, 0.15) is 0 Å². The number of benzene rings is 2. The van der Waals surface area contributed by atoms with Crippen LogP contribution in [-0.2, 0) is 4.79 Å². The van der Waals surface area contributed by atoms with Gasteiger partial charge in [0, 0.05) is 35.4 Å². The number of halogens is 1. The summed E-state index contributed by atoms with van der Waals surface area (Å²) in [5, 5.41) is 35.0. The molecule has 196 valence electrons. The fourth-order valence-corrected chi connectivity index (χ4v) is 3.74. The molecule has 0 aliphatic heterocycles. The maximum Gasteiger partial charge on any atom is 0.416 e. The number of amides is 4. The summed E-state index contributed by atoms with van der Waals surface area (Å²) in [6.45, 7) is -1.33. The summed E-state index contributed by atoms with van der Waals surface area (Å²) in [6, 6.07) is 10.7. The van der Waals surface area contributed by atoms with Crippen molar-refractivity contribution in [2.24, 2.45) is 0 Å². The normalized spacial score (nSPS) is 10.6. The summed E-state index contributed by atoms with van der Waals surface area (Å²) < 4.78 is 5.33. The van der Waals surface area contributed by atoms with Gasteiger partial charge in [0.2, 0.25) is 5.91 Å². The van der Waals surface area contributed by atoms with Gasteiger partial charge in [-0.05, 0) is 36.4 Å². The van der Waals surface area contributed by atoms with Gasteiger partial charge in [-0.1, -0.05) is 11.6 Å². The minimum atomic E-state index is -1.75. The van der Waals surface area contributed by atoms with Gasteiger partial charge in [-0.3, -0.25) is 9.69 Å². The first-order valence-electron chi connectivity index (χ1n) is 10.9. The number of carbonyl (C=O) groups excluding carboxylic acids is 1. The van der Waals surface area contributed by atoms with Crippen molar-refractivity contribution in [2.45, 2.75) is 0 Å². The van der Waals surface area contributed by atoms with Crippen molar-refractivity contribution in [1.82, 2.24) is 20.1 Å². The Bertz CT molecular complexity index is 1340. The molecule has 0 saturated carbocycles. The van der Waals surface area contributed by atoms with Crippen LogP contribution in [-0.4, -0.2) is 94.1 Å². The van der Waals surface area contributed by atoms with E-state index in [0.717, 1.165) is 16.5 Å². The number of fused-ring (bicyclic) bond motifs is 2. The van der Waals surface area contributed by atoms with Crippen LogP contribution in [0.25, 0.3) is 21.8 Å². The largest absolute Gasteiger partial charge is 0.497 e. The van der Waals surface area contributed by atoms with Gasteiger partial charge in [-0.2, -0.15) is 0 Å². The lowest BCUT2D eigenvalue weighted by atomic mass is 10.1. The van der Waals surface area contributed by atoms with E-state index in [1.165, 1.54) is 0 Å². The molecule has 4 amide bonds. The summed E-state index contributed by atoms with van der Waals surface area (Å²) in [5.41, 5.74) is 2.13. The Balaban J connectivity index is 1.65. The Labute approximate surface area is 215 Å². The number of carbonyl (C=O) groups is 4. The quantitative estimate of drug-likeness (QED) is 0.191. The number of anilines is 1. The molecule has 0 bridgehead atoms. The monoisotopic (exact) mass is 533 g/mol. The van der Waals surface area contributed by atoms with E-state index in [0.29, 0.717) is 26.7 Å². The number of carboxylic acid groups (broad SMARTS) is 3. The van der Waals surface area contributed by atoms with Crippen LogP contribution in [0.15, 0.2) is 36.4 Å². The molecule has 0 aliphatic carbocycles. The summed E-state index contributed by atoms with van der Waals surface area (Å²) >= 11 is 6.13. The van der Waals surface area contributed by atoms with E-state index in [1.54, 1.807) is 25.3 Å². The van der Waals surface area contributed by atoms with Gasteiger partial charge in [-0.25, -0.2) is 24.3 Å². The molecular formula is C23H24ClN5O8. The number of pyridine rings is 1. The number of hydrogen-bond acceptors (Lipinski definition) is 7. The molecule has 0 unspecified atom stereocenters. The van der Waals surface area contributed by atoms with E-state index >= 15 is 0 Å². The first-order valence-corrected chi connectivity index (χ1v) is 11.3. The molecule has 0 atom stereocenters. The summed E-state index contributed by atoms with van der Waals surface area (Å²) in [6.07, 6.45) is -4.99. The molecule has 37 heavy (non-hydrogen) atoms. The van der Waals surface area contributed by atoms with Crippen molar-refractivity contribution < 1.29 is 39.2 Å². The van der Waals surface area contributed by atoms with Crippen LogP contribution in [0.3, 0.4) is 0 Å². The van der Waals surface area contributed by atoms with Crippen LogP contribution in [0.2, 0.25) is 5.02 Å². The Kier molecular flexibility index (Phi) is 8.74. The average molecular weight is 534 g/mol. The lowest BCUT2D eigenvalue weighted by Gasteiger charge is -2.21. The Morgan fingerprint density at radius 2 is 1.65 bits per heavy atom. The highest BCUT2D eigenvalue weighted by Crippen LogP contribution is 2.34. The third kappa shape index (κ3) is 6.79. The van der Waals surface area contributed by atoms with Crippen molar-refractivity contribution in [3.8, 4) is 5.75 Å². The molecule has 0 spiro atoms. The summed E-state index contributed by atoms with van der Waals surface area (Å²) in [7, 11) is 1.55. The van der Waals surface area contributed by atoms with Crippen molar-refractivity contribution in [1.29, 1.82) is 0 Å². The third-order valence-corrected chi connectivity index (χ3v) is 5.59. The van der Waals surface area contributed by atoms with Crippen LogP contribution in [0.5, 0.6) is 5.75 Å². The number of imide groups is 1. The lowest BCUT2D eigenvalue weighted by molar-refractivity contribution is -0.121. The van der Waals surface area contributed by atoms with Gasteiger partial charge in [-0.15, -0.1) is 0 Å². The zero-order chi connectivity index (χ0) is 27.1. The van der Waals surface area contributed by atoms with Gasteiger partial charge in [0.25, 0.3) is 0 Å². The van der Waals surface area contributed by atoms with Crippen molar-refractivity contribution in [3.05, 3.63) is 41.4 Å². The second-order valence-electron chi connectivity index (χ2n) is 7.73. The zero-order valence-corrected chi connectivity index (χ0v) is 20.4. The van der Waals surface area contributed by atoms with E-state index < -0.39 is 43.8 Å². The van der Waals surface area contributed by atoms with Gasteiger partial charge in [0.05, 0.1) is 30.4 Å². The molecule has 1 aromatic heterocycles. The highest BCUT2D eigenvalue weighted by atomic mass is 35.5. The van der Waals surface area contributed by atoms with Gasteiger partial charge < -0.3 is 30.7 Å². The molecule has 2 aromatic carbocycles. The smallest absolute Gasteiger partial charge is 0.416 e. The second kappa shape index (κ2) is 11.9. The first-order chi connectivity index (χ1) is 17.6. The average Bonchev–Trinajstić information content (AvgIpc) is 2.84. The Morgan fingerprint density at radius 3 is 2.30 bits per heavy atom. The van der Waals surface area contributed by atoms with Crippen molar-refractivity contribution >= 4 is 63.3 Å². The van der Waals surface area contributed by atoms with Crippen LogP contribution < -0.4 is 15.4 Å². The highest BCUT2D eigenvalue weighted by Gasteiger charge is 2.23. The summed E-state index contributed by atoms with van der Waals surface area (Å²) in [5.74, 6) is -0.00335. The predicted octanol–water partition coefficient (Wildman–Crippen LogP) is 3.22. The Hall–Kier alpha value is -4.52. The van der Waals surface area contributed by atoms with Gasteiger partial charge in [0.15, 0.2) is 0 Å². The van der Waals surface area contributed by atoms with Crippen molar-refractivity contribution in [3.63, 3.8) is 0 Å². The maximum absolute atomic E-state index is 12.3. The number of aromatic nitrogens is 1. The van der Waals surface area contributed by atoms with Crippen LogP contribution in [0.4, 0.5) is 20.1 Å². The standard InChI is InChI=1S/C23H24ClN5O8/c1-37-14-3-5-17-16(11-14)20(15-4-2-13(24)10-18(15)27-17)26-7-6-25-19(30)12-28(21(31)32)8-9-29(22(33)34)23(35)36/h2-5,10-11H,6-9,12H2,1H3,(H,25,30)(H,26,27)(H,31,32)(H,33,34)(H,35,36). The topological polar surface area (TPSA) is 182 Å². The molecular weight excluding hydrogens is 510 g/mol. The van der Waals surface area contributed by atoms with Crippen LogP contribution in [0, 0.1) is 0 Å². The van der Waals surface area contributed by atoms with Crippen molar-refractivity contribution in [2.75, 3.05) is 45.2 Å². The third-order valence-electron chi connectivity index (χ3n) is 5.35. The maximum atomic E-state index is 12.3. The summed E-state index contributed by atoms with van der Waals surface area (Å²) in [4.78, 5) is 50.9. The lowest BCUT2D eigenvalue weighted by Crippen LogP contribution is -2.46. The molecule has 5 N–H and O–H groups in total. The number of methoxy groups -OCH3 is 1. The number of nitrogens with one attached hydrogen (secondary N) is 2.